The van der Waals surface area contributed by atoms with Gasteiger partial charge >= 0.3 is 0 Å². The molecule has 1 aliphatic heterocycles. The molecule has 18 heavy (non-hydrogen) atoms. The number of rotatable bonds is 4. The topological polar surface area (TPSA) is 47.1 Å². The molecule has 2 N–H and O–H groups in total. The third-order valence-electron chi connectivity index (χ3n) is 4.46. The van der Waals surface area contributed by atoms with Gasteiger partial charge < -0.3 is 5.73 Å². The molecule has 3 atom stereocenters. The van der Waals surface area contributed by atoms with E-state index in [1.54, 1.807) is 0 Å². The van der Waals surface area contributed by atoms with Crippen molar-refractivity contribution in [1.82, 2.24) is 14.7 Å². The smallest absolute Gasteiger partial charge is 0.0537 e. The minimum atomic E-state index is 0.451. The van der Waals surface area contributed by atoms with Gasteiger partial charge in [-0.3, -0.25) is 9.58 Å². The zero-order chi connectivity index (χ0) is 13.1. The fourth-order valence-electron chi connectivity index (χ4n) is 2.82. The monoisotopic (exact) mass is 250 g/mol. The van der Waals surface area contributed by atoms with Crippen LogP contribution in [0.2, 0.25) is 0 Å². The molecule has 0 amide bonds. The van der Waals surface area contributed by atoms with E-state index in [1.165, 1.54) is 18.5 Å². The molecular weight excluding hydrogens is 224 g/mol. The van der Waals surface area contributed by atoms with Gasteiger partial charge in [0.25, 0.3) is 0 Å². The van der Waals surface area contributed by atoms with E-state index in [0.29, 0.717) is 12.0 Å². The molecule has 0 spiro atoms. The van der Waals surface area contributed by atoms with Crippen molar-refractivity contribution in [2.75, 3.05) is 19.6 Å². The molecule has 3 unspecified atom stereocenters. The number of aromatic nitrogens is 2. The lowest BCUT2D eigenvalue weighted by Crippen LogP contribution is -2.43. The summed E-state index contributed by atoms with van der Waals surface area (Å²) in [6.45, 7) is 10.8. The Kier molecular flexibility index (Phi) is 4.40. The van der Waals surface area contributed by atoms with E-state index in [-0.39, 0.29) is 0 Å². The summed E-state index contributed by atoms with van der Waals surface area (Å²) in [5.41, 5.74) is 7.20. The molecule has 1 aromatic rings. The average Bonchev–Trinajstić information content (AvgIpc) is 2.87. The minimum absolute atomic E-state index is 0.451. The lowest BCUT2D eigenvalue weighted by molar-refractivity contribution is 0.0978. The van der Waals surface area contributed by atoms with Gasteiger partial charge in [0.2, 0.25) is 0 Å². The van der Waals surface area contributed by atoms with Crippen molar-refractivity contribution in [3.63, 3.8) is 0 Å². The third kappa shape index (κ3) is 2.75. The predicted octanol–water partition coefficient (Wildman–Crippen LogP) is 1.88. The van der Waals surface area contributed by atoms with Crippen LogP contribution in [0.4, 0.5) is 0 Å². The summed E-state index contributed by atoms with van der Waals surface area (Å²) in [6.07, 6.45) is 5.43. The van der Waals surface area contributed by atoms with E-state index in [9.17, 15) is 0 Å². The van der Waals surface area contributed by atoms with Crippen LogP contribution in [0.5, 0.6) is 0 Å². The molecule has 0 saturated carbocycles. The van der Waals surface area contributed by atoms with Crippen molar-refractivity contribution < 1.29 is 0 Å². The Morgan fingerprint density at radius 3 is 2.94 bits per heavy atom. The van der Waals surface area contributed by atoms with Crippen LogP contribution >= 0.6 is 0 Å². The minimum Gasteiger partial charge on any atom is -0.330 e. The lowest BCUT2D eigenvalue weighted by Gasteiger charge is -2.39. The van der Waals surface area contributed by atoms with Crippen molar-refractivity contribution in [1.29, 1.82) is 0 Å². The summed E-state index contributed by atoms with van der Waals surface area (Å²) in [5.74, 6) is 1.40. The molecule has 0 radical (unpaired) electrons. The molecule has 0 bridgehead atoms. The molecular formula is C14H26N4. The van der Waals surface area contributed by atoms with Gasteiger partial charge in [-0.2, -0.15) is 5.10 Å². The number of nitrogens with two attached hydrogens (primary N) is 1. The van der Waals surface area contributed by atoms with Crippen LogP contribution in [-0.4, -0.2) is 34.3 Å². The van der Waals surface area contributed by atoms with Gasteiger partial charge in [-0.05, 0) is 45.2 Å². The Labute approximate surface area is 110 Å². The quantitative estimate of drug-likeness (QED) is 0.887. The average molecular weight is 250 g/mol. The largest absolute Gasteiger partial charge is 0.330 e. The number of hydrogen-bond donors (Lipinski definition) is 1. The zero-order valence-corrected chi connectivity index (χ0v) is 11.8. The summed E-state index contributed by atoms with van der Waals surface area (Å²) < 4.78 is 2.00. The zero-order valence-electron chi connectivity index (χ0n) is 11.8. The Morgan fingerprint density at radius 1 is 1.56 bits per heavy atom. The summed E-state index contributed by atoms with van der Waals surface area (Å²) in [7, 11) is 0. The molecule has 2 heterocycles. The van der Waals surface area contributed by atoms with Gasteiger partial charge in [-0.1, -0.05) is 6.92 Å². The van der Waals surface area contributed by atoms with Crippen LogP contribution in [0.25, 0.3) is 0 Å². The van der Waals surface area contributed by atoms with Crippen LogP contribution in [0.15, 0.2) is 12.4 Å². The molecule has 1 aliphatic rings. The summed E-state index contributed by atoms with van der Waals surface area (Å²) in [5, 5.41) is 4.37. The van der Waals surface area contributed by atoms with Crippen molar-refractivity contribution in [2.45, 2.75) is 39.8 Å². The maximum absolute atomic E-state index is 5.88. The Balaban J connectivity index is 2.02. The first-order valence-corrected chi connectivity index (χ1v) is 7.12. The molecule has 4 heteroatoms. The molecule has 1 aromatic heterocycles. The fraction of sp³-hybridized carbons (Fsp3) is 0.786. The number of hydrogen-bond acceptors (Lipinski definition) is 3. The highest BCUT2D eigenvalue weighted by atomic mass is 15.3. The summed E-state index contributed by atoms with van der Waals surface area (Å²) in [4.78, 5) is 2.55. The molecule has 1 saturated heterocycles. The van der Waals surface area contributed by atoms with E-state index >= 15 is 0 Å². The highest BCUT2D eigenvalue weighted by Crippen LogP contribution is 2.29. The van der Waals surface area contributed by atoms with Crippen LogP contribution in [0.3, 0.4) is 0 Å². The van der Waals surface area contributed by atoms with E-state index < -0.39 is 0 Å². The van der Waals surface area contributed by atoms with Gasteiger partial charge in [0.05, 0.1) is 6.20 Å². The number of likely N-dealkylation sites (tertiary alicyclic amines) is 1. The molecule has 2 rings (SSSR count). The molecule has 4 nitrogen and oxygen atoms in total. The third-order valence-corrected chi connectivity index (χ3v) is 4.46. The molecule has 0 aliphatic carbocycles. The summed E-state index contributed by atoms with van der Waals surface area (Å²) in [6, 6.07) is 0.451. The first-order valence-electron chi connectivity index (χ1n) is 7.12. The molecule has 0 aromatic carbocycles. The maximum Gasteiger partial charge on any atom is 0.0537 e. The first-order chi connectivity index (χ1) is 8.65. The van der Waals surface area contributed by atoms with Crippen molar-refractivity contribution in [3.05, 3.63) is 18.0 Å². The van der Waals surface area contributed by atoms with Crippen molar-refractivity contribution in [3.8, 4) is 0 Å². The van der Waals surface area contributed by atoms with Crippen LogP contribution < -0.4 is 5.73 Å². The van der Waals surface area contributed by atoms with Crippen LogP contribution in [0.1, 0.15) is 38.8 Å². The van der Waals surface area contributed by atoms with Gasteiger partial charge in [0, 0.05) is 30.9 Å². The Morgan fingerprint density at radius 2 is 2.33 bits per heavy atom. The number of piperidine rings is 1. The fourth-order valence-corrected chi connectivity index (χ4v) is 2.82. The first kappa shape index (κ1) is 13.6. The van der Waals surface area contributed by atoms with Crippen molar-refractivity contribution >= 4 is 0 Å². The van der Waals surface area contributed by atoms with Gasteiger partial charge in [0.15, 0.2) is 0 Å². The van der Waals surface area contributed by atoms with E-state index in [4.69, 9.17) is 5.73 Å². The number of aryl methyl sites for hydroxylation is 1. The second kappa shape index (κ2) is 5.85. The van der Waals surface area contributed by atoms with Gasteiger partial charge in [-0.25, -0.2) is 0 Å². The lowest BCUT2D eigenvalue weighted by atomic mass is 9.86. The summed E-state index contributed by atoms with van der Waals surface area (Å²) >= 11 is 0. The highest BCUT2D eigenvalue weighted by Gasteiger charge is 2.28. The highest BCUT2D eigenvalue weighted by molar-refractivity contribution is 5.10. The SMILES string of the molecule is CCn1cc(C(C)N2CCC(C)C(CN)C2)cn1. The molecule has 1 fully saturated rings. The Hall–Kier alpha value is -0.870. The van der Waals surface area contributed by atoms with Gasteiger partial charge in [-0.15, -0.1) is 0 Å². The number of nitrogens with zero attached hydrogens (tertiary/aromatic N) is 3. The van der Waals surface area contributed by atoms with E-state index in [1.807, 2.05) is 10.9 Å². The predicted molar refractivity (Wildman–Crippen MR) is 74.2 cm³/mol. The second-order valence-corrected chi connectivity index (χ2v) is 5.56. The van der Waals surface area contributed by atoms with Gasteiger partial charge in [0.1, 0.15) is 0 Å². The van der Waals surface area contributed by atoms with E-state index in [2.05, 4.69) is 37.0 Å². The van der Waals surface area contributed by atoms with Crippen LogP contribution in [0, 0.1) is 11.8 Å². The standard InChI is InChI=1S/C14H26N4/c1-4-18-10-14(8-16-18)12(3)17-6-5-11(2)13(7-15)9-17/h8,10-13H,4-7,9,15H2,1-3H3. The normalized spacial score (nSPS) is 27.3. The van der Waals surface area contributed by atoms with Crippen molar-refractivity contribution in [2.24, 2.45) is 17.6 Å². The van der Waals surface area contributed by atoms with Crippen LogP contribution in [-0.2, 0) is 6.54 Å². The Bertz CT molecular complexity index is 374. The maximum atomic E-state index is 5.88. The second-order valence-electron chi connectivity index (χ2n) is 5.56. The van der Waals surface area contributed by atoms with E-state index in [0.717, 1.165) is 25.6 Å². The molecule has 102 valence electrons.